The number of rotatable bonds is 7. The summed E-state index contributed by atoms with van der Waals surface area (Å²) >= 11 is 0. The molecule has 5 nitrogen and oxygen atoms in total. The lowest BCUT2D eigenvalue weighted by Crippen LogP contribution is -2.26. The molecule has 0 atom stereocenters. The van der Waals surface area contributed by atoms with Crippen molar-refractivity contribution in [2.24, 2.45) is 4.99 Å². The van der Waals surface area contributed by atoms with E-state index in [-0.39, 0.29) is 0 Å². The van der Waals surface area contributed by atoms with Gasteiger partial charge in [-0.15, -0.1) is 0 Å². The van der Waals surface area contributed by atoms with Crippen LogP contribution in [0.1, 0.15) is 35.7 Å². The number of ether oxygens (including phenoxy) is 1. The fraction of sp³-hybridized carbons (Fsp3) is 0.208. The van der Waals surface area contributed by atoms with Crippen LogP contribution >= 0.6 is 0 Å². The van der Waals surface area contributed by atoms with E-state index in [1.165, 1.54) is 11.1 Å². The molecule has 1 aliphatic rings. The van der Waals surface area contributed by atoms with Gasteiger partial charge in [-0.25, -0.2) is 4.99 Å². The Bertz CT molecular complexity index is 1040. The standard InChI is InChI=1S/C24H24N4O/c1-3-18-10-13-26-23(15-18)24-27-17(2)21-16-20(6-7-22(21)28-24)29-14-4-5-19-8-11-25-12-9-19/h6-13,15-16H,2-5,14H2,1H3,(H,27,28). The molecule has 0 amide bonds. The number of benzene rings is 1. The Balaban J connectivity index is 1.44. The summed E-state index contributed by atoms with van der Waals surface area (Å²) in [5, 5.41) is 3.29. The van der Waals surface area contributed by atoms with E-state index in [1.54, 1.807) is 0 Å². The summed E-state index contributed by atoms with van der Waals surface area (Å²) in [6.07, 6.45) is 8.34. The lowest BCUT2D eigenvalue weighted by Gasteiger charge is -2.20. The van der Waals surface area contributed by atoms with Gasteiger partial charge < -0.3 is 10.1 Å². The molecule has 1 aromatic carbocycles. The fourth-order valence-corrected chi connectivity index (χ4v) is 3.26. The van der Waals surface area contributed by atoms with Gasteiger partial charge in [0, 0.05) is 29.9 Å². The van der Waals surface area contributed by atoms with Gasteiger partial charge in [0.05, 0.1) is 12.3 Å². The van der Waals surface area contributed by atoms with Gasteiger partial charge in [-0.2, -0.15) is 0 Å². The van der Waals surface area contributed by atoms with Crippen molar-refractivity contribution in [3.8, 4) is 5.75 Å². The van der Waals surface area contributed by atoms with Crippen LogP contribution in [0, 0.1) is 0 Å². The highest BCUT2D eigenvalue weighted by Gasteiger charge is 2.18. The summed E-state index contributed by atoms with van der Waals surface area (Å²) in [7, 11) is 0. The predicted molar refractivity (Wildman–Crippen MR) is 116 cm³/mol. The molecule has 1 aliphatic heterocycles. The number of hydrogen-bond acceptors (Lipinski definition) is 5. The molecule has 0 unspecified atom stereocenters. The molecule has 146 valence electrons. The Morgan fingerprint density at radius 3 is 2.66 bits per heavy atom. The number of amidine groups is 1. The molecule has 0 fully saturated rings. The minimum absolute atomic E-state index is 0.656. The average molecular weight is 384 g/mol. The smallest absolute Gasteiger partial charge is 0.157 e. The molecule has 0 saturated heterocycles. The number of hydrogen-bond donors (Lipinski definition) is 1. The van der Waals surface area contributed by atoms with Gasteiger partial charge >= 0.3 is 0 Å². The van der Waals surface area contributed by atoms with Crippen LogP contribution in [-0.2, 0) is 12.8 Å². The molecule has 3 heterocycles. The molecular formula is C24H24N4O. The summed E-state index contributed by atoms with van der Waals surface area (Å²) in [4.78, 5) is 13.2. The van der Waals surface area contributed by atoms with E-state index in [0.29, 0.717) is 6.61 Å². The van der Waals surface area contributed by atoms with Crippen LogP contribution in [0.5, 0.6) is 5.75 Å². The minimum Gasteiger partial charge on any atom is -0.494 e. The van der Waals surface area contributed by atoms with Gasteiger partial charge in [-0.3, -0.25) is 9.97 Å². The molecule has 0 saturated carbocycles. The summed E-state index contributed by atoms with van der Waals surface area (Å²) in [5.74, 6) is 1.55. The van der Waals surface area contributed by atoms with Crippen LogP contribution in [0.15, 0.2) is 72.6 Å². The maximum absolute atomic E-state index is 5.94. The van der Waals surface area contributed by atoms with Crippen LogP contribution in [-0.4, -0.2) is 22.4 Å². The van der Waals surface area contributed by atoms with Crippen molar-refractivity contribution in [2.45, 2.75) is 26.2 Å². The van der Waals surface area contributed by atoms with Gasteiger partial charge in [0.2, 0.25) is 0 Å². The van der Waals surface area contributed by atoms with Crippen LogP contribution in [0.4, 0.5) is 5.69 Å². The molecule has 2 aromatic heterocycles. The van der Waals surface area contributed by atoms with E-state index < -0.39 is 0 Å². The van der Waals surface area contributed by atoms with Gasteiger partial charge in [0.15, 0.2) is 5.84 Å². The molecular weight excluding hydrogens is 360 g/mol. The van der Waals surface area contributed by atoms with E-state index >= 15 is 0 Å². The van der Waals surface area contributed by atoms with E-state index in [9.17, 15) is 0 Å². The van der Waals surface area contributed by atoms with Crippen molar-refractivity contribution < 1.29 is 4.74 Å². The predicted octanol–water partition coefficient (Wildman–Crippen LogP) is 4.70. The number of aryl methyl sites for hydroxylation is 2. The molecule has 0 bridgehead atoms. The van der Waals surface area contributed by atoms with Crippen molar-refractivity contribution in [1.82, 2.24) is 15.3 Å². The Hall–Kier alpha value is -3.47. The van der Waals surface area contributed by atoms with Gasteiger partial charge in [0.1, 0.15) is 11.4 Å². The van der Waals surface area contributed by atoms with Crippen LogP contribution < -0.4 is 10.1 Å². The van der Waals surface area contributed by atoms with E-state index in [1.807, 2.05) is 55.0 Å². The molecule has 1 N–H and O–H groups in total. The second-order valence-electron chi connectivity index (χ2n) is 6.95. The number of pyridine rings is 2. The second kappa shape index (κ2) is 8.69. The molecule has 4 rings (SSSR count). The minimum atomic E-state index is 0.656. The van der Waals surface area contributed by atoms with Crippen molar-refractivity contribution in [3.63, 3.8) is 0 Å². The van der Waals surface area contributed by atoms with Crippen molar-refractivity contribution in [1.29, 1.82) is 0 Å². The molecule has 3 aromatic rings. The van der Waals surface area contributed by atoms with Crippen LogP contribution in [0.3, 0.4) is 0 Å². The first-order valence-corrected chi connectivity index (χ1v) is 9.89. The summed E-state index contributed by atoms with van der Waals surface area (Å²) < 4.78 is 5.94. The molecule has 0 aliphatic carbocycles. The lowest BCUT2D eigenvalue weighted by molar-refractivity contribution is 0.311. The third kappa shape index (κ3) is 4.51. The number of aromatic nitrogens is 2. The van der Waals surface area contributed by atoms with E-state index in [4.69, 9.17) is 9.73 Å². The first kappa shape index (κ1) is 18.9. The third-order valence-corrected chi connectivity index (χ3v) is 4.90. The fourth-order valence-electron chi connectivity index (χ4n) is 3.26. The first-order valence-electron chi connectivity index (χ1n) is 9.89. The zero-order valence-electron chi connectivity index (χ0n) is 16.6. The zero-order valence-corrected chi connectivity index (χ0v) is 16.6. The maximum atomic E-state index is 5.94. The van der Waals surface area contributed by atoms with Crippen LogP contribution in [0.2, 0.25) is 0 Å². The van der Waals surface area contributed by atoms with E-state index in [2.05, 4.69) is 34.9 Å². The summed E-state index contributed by atoms with van der Waals surface area (Å²) in [5.41, 5.74) is 5.95. The number of fused-ring (bicyclic) bond motifs is 1. The molecule has 0 spiro atoms. The van der Waals surface area contributed by atoms with Crippen molar-refractivity contribution >= 4 is 17.2 Å². The number of nitrogens with one attached hydrogen (secondary N) is 1. The average Bonchev–Trinajstić information content (AvgIpc) is 2.77. The lowest BCUT2D eigenvalue weighted by atomic mass is 10.1. The SMILES string of the molecule is C=C1NC(c2cc(CC)ccn2)=Nc2ccc(OCCCc3ccncc3)cc21. The number of nitrogens with zero attached hydrogens (tertiary/aromatic N) is 3. The monoisotopic (exact) mass is 384 g/mol. The maximum Gasteiger partial charge on any atom is 0.157 e. The molecule has 5 heteroatoms. The first-order chi connectivity index (χ1) is 14.2. The molecule has 0 radical (unpaired) electrons. The zero-order chi connectivity index (χ0) is 20.1. The second-order valence-corrected chi connectivity index (χ2v) is 6.95. The Morgan fingerprint density at radius 2 is 1.83 bits per heavy atom. The summed E-state index contributed by atoms with van der Waals surface area (Å²) in [6, 6.07) is 14.1. The number of aliphatic imine (C=N–C) groups is 1. The quantitative estimate of drug-likeness (QED) is 0.600. The Morgan fingerprint density at radius 1 is 1.00 bits per heavy atom. The Kier molecular flexibility index (Phi) is 5.66. The normalized spacial score (nSPS) is 12.7. The van der Waals surface area contributed by atoms with Gasteiger partial charge in [-0.05, 0) is 72.9 Å². The van der Waals surface area contributed by atoms with Gasteiger partial charge in [-0.1, -0.05) is 13.5 Å². The van der Waals surface area contributed by atoms with Crippen molar-refractivity contribution in [3.05, 3.63) is 90.0 Å². The van der Waals surface area contributed by atoms with E-state index in [0.717, 1.165) is 53.5 Å². The Labute approximate surface area is 171 Å². The van der Waals surface area contributed by atoms with Crippen LogP contribution in [0.25, 0.3) is 5.70 Å². The topological polar surface area (TPSA) is 59.4 Å². The molecule has 29 heavy (non-hydrogen) atoms. The largest absolute Gasteiger partial charge is 0.494 e. The highest BCUT2D eigenvalue weighted by Crippen LogP contribution is 2.32. The van der Waals surface area contributed by atoms with Crippen molar-refractivity contribution in [2.75, 3.05) is 6.61 Å². The highest BCUT2D eigenvalue weighted by molar-refractivity contribution is 6.06. The highest BCUT2D eigenvalue weighted by atomic mass is 16.5. The van der Waals surface area contributed by atoms with Gasteiger partial charge in [0.25, 0.3) is 0 Å². The summed E-state index contributed by atoms with van der Waals surface area (Å²) in [6.45, 7) is 6.95. The third-order valence-electron chi connectivity index (χ3n) is 4.90.